The Morgan fingerprint density at radius 3 is 2.54 bits per heavy atom. The first-order chi connectivity index (χ1) is 12.8. The Balaban J connectivity index is 2.18. The summed E-state index contributed by atoms with van der Waals surface area (Å²) in [6, 6.07) is 1.35. The van der Waals surface area contributed by atoms with Gasteiger partial charge < -0.3 is 39.9 Å². The van der Waals surface area contributed by atoms with Crippen LogP contribution >= 0.6 is 26.8 Å². The molecule has 0 bridgehead atoms. The molecule has 0 saturated carbocycles. The first kappa shape index (κ1) is 23.2. The summed E-state index contributed by atoms with van der Waals surface area (Å²) in [6.45, 7) is -0.741. The highest BCUT2D eigenvalue weighted by molar-refractivity contribution is 7.70. The predicted octanol–water partition coefficient (Wildman–Crippen LogP) is -0.289. The standard InChI is InChI=1S/C12H19ClN4O9P2/c1-25-8(4-26-28(23,24)5-27(20,21)22)11(19)10(18)7-3-15-12-6(14)2-9(13)16-17(7)12/h2-3,8,10-11,18-19H,4-5,14H2,1H3,(H,23,24)(H2,20,21,22)/t8-,10+,11-/m1/s1. The minimum Gasteiger partial charge on any atom is -0.396 e. The van der Waals surface area contributed by atoms with E-state index in [1.165, 1.54) is 12.3 Å². The Morgan fingerprint density at radius 2 is 1.96 bits per heavy atom. The van der Waals surface area contributed by atoms with Crippen molar-refractivity contribution in [2.24, 2.45) is 0 Å². The molecule has 28 heavy (non-hydrogen) atoms. The van der Waals surface area contributed by atoms with Crippen molar-refractivity contribution in [1.82, 2.24) is 14.6 Å². The zero-order chi connectivity index (χ0) is 21.3. The zero-order valence-electron chi connectivity index (χ0n) is 14.4. The fraction of sp³-hybridized carbons (Fsp3) is 0.500. The Morgan fingerprint density at radius 1 is 1.32 bits per heavy atom. The van der Waals surface area contributed by atoms with Gasteiger partial charge >= 0.3 is 15.2 Å². The molecule has 13 nitrogen and oxygen atoms in total. The molecule has 0 aliphatic rings. The molecule has 4 atom stereocenters. The maximum atomic E-state index is 11.7. The van der Waals surface area contributed by atoms with E-state index in [1.54, 1.807) is 0 Å². The average Bonchev–Trinajstić information content (AvgIpc) is 2.96. The number of ether oxygens (including phenoxy) is 1. The van der Waals surface area contributed by atoms with E-state index in [4.69, 9.17) is 31.9 Å². The van der Waals surface area contributed by atoms with E-state index < -0.39 is 46.0 Å². The number of hydrogen-bond acceptors (Lipinski definition) is 9. The number of fused-ring (bicyclic) bond motifs is 1. The fourth-order valence-electron chi connectivity index (χ4n) is 2.33. The van der Waals surface area contributed by atoms with Crippen LogP contribution in [0.15, 0.2) is 12.3 Å². The quantitative estimate of drug-likeness (QED) is 0.266. The van der Waals surface area contributed by atoms with Gasteiger partial charge in [0.25, 0.3) is 0 Å². The van der Waals surface area contributed by atoms with Crippen LogP contribution in [0.1, 0.15) is 11.8 Å². The van der Waals surface area contributed by atoms with Crippen molar-refractivity contribution in [3.8, 4) is 0 Å². The van der Waals surface area contributed by atoms with Gasteiger partial charge in [-0.1, -0.05) is 11.6 Å². The van der Waals surface area contributed by atoms with Crippen LogP contribution in [0, 0.1) is 0 Å². The molecule has 2 rings (SSSR count). The summed E-state index contributed by atoms with van der Waals surface area (Å²) in [5.41, 5.74) is 6.12. The summed E-state index contributed by atoms with van der Waals surface area (Å²) in [7, 11) is -8.34. The van der Waals surface area contributed by atoms with Crippen molar-refractivity contribution in [2.75, 3.05) is 25.4 Å². The Hall–Kier alpha value is -1.11. The van der Waals surface area contributed by atoms with Gasteiger partial charge in [0.1, 0.15) is 18.3 Å². The molecule has 0 aromatic carbocycles. The number of nitrogens with zero attached hydrogens (tertiary/aromatic N) is 3. The summed E-state index contributed by atoms with van der Waals surface area (Å²) >= 11 is 5.83. The van der Waals surface area contributed by atoms with E-state index in [2.05, 4.69) is 14.6 Å². The van der Waals surface area contributed by atoms with Crippen molar-refractivity contribution in [2.45, 2.75) is 18.3 Å². The second-order valence-electron chi connectivity index (χ2n) is 5.79. The van der Waals surface area contributed by atoms with Gasteiger partial charge in [-0.3, -0.25) is 9.13 Å². The number of anilines is 1. The van der Waals surface area contributed by atoms with Gasteiger partial charge in [0.2, 0.25) is 0 Å². The average molecular weight is 461 g/mol. The highest BCUT2D eigenvalue weighted by atomic mass is 35.5. The monoisotopic (exact) mass is 460 g/mol. The smallest absolute Gasteiger partial charge is 0.340 e. The molecular formula is C12H19ClN4O9P2. The molecule has 0 aliphatic carbocycles. The third-order valence-electron chi connectivity index (χ3n) is 3.61. The third kappa shape index (κ3) is 5.71. The van der Waals surface area contributed by atoms with E-state index in [0.29, 0.717) is 0 Å². The van der Waals surface area contributed by atoms with Gasteiger partial charge in [-0.15, -0.1) is 0 Å². The van der Waals surface area contributed by atoms with Crippen LogP contribution < -0.4 is 5.73 Å². The van der Waals surface area contributed by atoms with E-state index >= 15 is 0 Å². The molecule has 0 radical (unpaired) electrons. The highest BCUT2D eigenvalue weighted by Gasteiger charge is 2.35. The summed E-state index contributed by atoms with van der Waals surface area (Å²) in [5, 5.41) is 24.8. The van der Waals surface area contributed by atoms with Gasteiger partial charge in [-0.2, -0.15) is 5.10 Å². The number of imidazole rings is 1. The number of methoxy groups -OCH3 is 1. The van der Waals surface area contributed by atoms with Crippen LogP contribution in [0.25, 0.3) is 5.65 Å². The number of aliphatic hydroxyl groups excluding tert-OH is 2. The number of nitrogen functional groups attached to an aromatic ring is 1. The number of halogens is 1. The minimum absolute atomic E-state index is 0.00106. The Bertz CT molecular complexity index is 935. The van der Waals surface area contributed by atoms with Gasteiger partial charge in [0.05, 0.1) is 24.2 Å². The van der Waals surface area contributed by atoms with Crippen molar-refractivity contribution in [3.63, 3.8) is 0 Å². The molecule has 0 amide bonds. The molecule has 158 valence electrons. The molecule has 0 fully saturated rings. The maximum Gasteiger partial charge on any atom is 0.340 e. The first-order valence-electron chi connectivity index (χ1n) is 7.54. The van der Waals surface area contributed by atoms with Crippen molar-refractivity contribution in [1.29, 1.82) is 0 Å². The number of hydrogen-bond donors (Lipinski definition) is 6. The molecule has 7 N–H and O–H groups in total. The topological polar surface area (TPSA) is 210 Å². The molecule has 0 aliphatic heterocycles. The molecular weight excluding hydrogens is 442 g/mol. The Kier molecular flexibility index (Phi) is 7.22. The van der Waals surface area contributed by atoms with Gasteiger partial charge in [0, 0.05) is 13.2 Å². The summed E-state index contributed by atoms with van der Waals surface area (Å²) in [4.78, 5) is 31.0. The summed E-state index contributed by atoms with van der Waals surface area (Å²) < 4.78 is 33.3. The van der Waals surface area contributed by atoms with Crippen LogP contribution in [-0.4, -0.2) is 71.3 Å². The predicted molar refractivity (Wildman–Crippen MR) is 96.9 cm³/mol. The lowest BCUT2D eigenvalue weighted by molar-refractivity contribution is -0.0926. The lowest BCUT2D eigenvalue weighted by atomic mass is 10.1. The van der Waals surface area contributed by atoms with Gasteiger partial charge in [-0.25, -0.2) is 9.50 Å². The number of rotatable bonds is 9. The normalized spacial score (nSPS) is 18.0. The second kappa shape index (κ2) is 8.72. The van der Waals surface area contributed by atoms with E-state index in [0.717, 1.165) is 11.6 Å². The van der Waals surface area contributed by atoms with Crippen LogP contribution in [0.4, 0.5) is 5.69 Å². The van der Waals surface area contributed by atoms with Crippen LogP contribution in [0.2, 0.25) is 5.15 Å². The third-order valence-corrected chi connectivity index (χ3v) is 7.25. The molecule has 16 heteroatoms. The lowest BCUT2D eigenvalue weighted by Crippen LogP contribution is -2.37. The summed E-state index contributed by atoms with van der Waals surface area (Å²) in [6.07, 6.45) is -3.48. The first-order valence-corrected chi connectivity index (χ1v) is 11.5. The van der Waals surface area contributed by atoms with Gasteiger partial charge in [-0.05, 0) is 0 Å². The minimum atomic E-state index is -4.81. The largest absolute Gasteiger partial charge is 0.396 e. The fourth-order valence-corrected chi connectivity index (χ4v) is 5.09. The van der Waals surface area contributed by atoms with Crippen molar-refractivity contribution in [3.05, 3.63) is 23.1 Å². The van der Waals surface area contributed by atoms with Crippen LogP contribution in [0.3, 0.4) is 0 Å². The highest BCUT2D eigenvalue weighted by Crippen LogP contribution is 2.55. The SMILES string of the molecule is CO[C@H](COP(=O)(O)CP(=O)(O)O)[C@@H](O)[C@@H](O)c1cnc2c(N)cc(Cl)nn12. The van der Waals surface area contributed by atoms with Crippen molar-refractivity contribution < 1.29 is 43.3 Å². The van der Waals surface area contributed by atoms with E-state index in [9.17, 15) is 24.2 Å². The molecule has 2 aromatic rings. The van der Waals surface area contributed by atoms with E-state index in [1.807, 2.05) is 0 Å². The molecule has 2 aromatic heterocycles. The van der Waals surface area contributed by atoms with Crippen LogP contribution in [0.5, 0.6) is 0 Å². The molecule has 1 unspecified atom stereocenters. The molecule has 0 saturated heterocycles. The second-order valence-corrected chi connectivity index (χ2v) is 10.2. The van der Waals surface area contributed by atoms with E-state index in [-0.39, 0.29) is 22.2 Å². The molecule has 2 heterocycles. The number of aromatic nitrogens is 3. The van der Waals surface area contributed by atoms with Crippen molar-refractivity contribution >= 4 is 38.1 Å². The number of nitrogens with two attached hydrogens (primary N) is 1. The van der Waals surface area contributed by atoms with Gasteiger partial charge in [0.15, 0.2) is 16.7 Å². The number of aliphatic hydroxyl groups is 2. The summed E-state index contributed by atoms with van der Waals surface area (Å²) in [5.74, 6) is -1.40. The van der Waals surface area contributed by atoms with Crippen LogP contribution in [-0.2, 0) is 18.4 Å². The maximum absolute atomic E-state index is 11.7. The Labute approximate surface area is 163 Å². The lowest BCUT2D eigenvalue weighted by Gasteiger charge is -2.26. The molecule has 0 spiro atoms. The zero-order valence-corrected chi connectivity index (χ0v) is 16.9.